The maximum atomic E-state index is 9.23. The van der Waals surface area contributed by atoms with Gasteiger partial charge in [0.1, 0.15) is 6.07 Å². The molecule has 2 saturated heterocycles. The third-order valence-electron chi connectivity index (χ3n) is 4.56. The Labute approximate surface area is 144 Å². The summed E-state index contributed by atoms with van der Waals surface area (Å²) in [7, 11) is 0. The van der Waals surface area contributed by atoms with Crippen LogP contribution in [0.15, 0.2) is 24.0 Å². The molecule has 0 spiro atoms. The van der Waals surface area contributed by atoms with Crippen molar-refractivity contribution in [3.63, 3.8) is 0 Å². The van der Waals surface area contributed by atoms with Gasteiger partial charge in [-0.2, -0.15) is 5.26 Å². The Morgan fingerprint density at radius 2 is 2.04 bits per heavy atom. The summed E-state index contributed by atoms with van der Waals surface area (Å²) in [6, 6.07) is 2.91. The lowest BCUT2D eigenvalue weighted by Crippen LogP contribution is -2.52. The van der Waals surface area contributed by atoms with E-state index in [4.69, 9.17) is 0 Å². The van der Waals surface area contributed by atoms with Crippen LogP contribution >= 0.6 is 11.3 Å². The van der Waals surface area contributed by atoms with Crippen molar-refractivity contribution in [3.8, 4) is 17.9 Å². The van der Waals surface area contributed by atoms with E-state index in [9.17, 15) is 5.26 Å². The standard InChI is InChI=1S/C17H16N6S/c18-11-15-17(21-6-5-19-15)22-8-9-23-13(1-2-14(23)12-22)3-4-16-20-7-10-24-16/h5-7,10,13-14H,1-2,8-9,12H2/t13?,14-/m0/s1. The molecule has 2 fully saturated rings. The molecule has 0 radical (unpaired) electrons. The van der Waals surface area contributed by atoms with Gasteiger partial charge in [-0.25, -0.2) is 15.0 Å². The Morgan fingerprint density at radius 1 is 1.12 bits per heavy atom. The molecule has 0 bridgehead atoms. The molecule has 0 N–H and O–H groups in total. The highest BCUT2D eigenvalue weighted by Gasteiger charge is 2.37. The molecule has 0 amide bonds. The van der Waals surface area contributed by atoms with Gasteiger partial charge in [0.2, 0.25) is 0 Å². The van der Waals surface area contributed by atoms with Crippen molar-refractivity contribution in [3.05, 3.63) is 34.7 Å². The van der Waals surface area contributed by atoms with E-state index in [0.717, 1.165) is 37.5 Å². The summed E-state index contributed by atoms with van der Waals surface area (Å²) in [6.07, 6.45) is 7.22. The summed E-state index contributed by atoms with van der Waals surface area (Å²) >= 11 is 1.58. The van der Waals surface area contributed by atoms with Gasteiger partial charge >= 0.3 is 0 Å². The first kappa shape index (κ1) is 15.1. The molecule has 2 aliphatic heterocycles. The van der Waals surface area contributed by atoms with Crippen molar-refractivity contribution in [2.45, 2.75) is 24.9 Å². The highest BCUT2D eigenvalue weighted by atomic mass is 32.1. The largest absolute Gasteiger partial charge is 0.351 e. The van der Waals surface area contributed by atoms with Crippen molar-refractivity contribution in [2.75, 3.05) is 24.5 Å². The molecule has 4 heterocycles. The lowest BCUT2D eigenvalue weighted by atomic mass is 10.1. The molecule has 0 aromatic carbocycles. The number of nitriles is 1. The van der Waals surface area contributed by atoms with Crippen molar-refractivity contribution in [1.82, 2.24) is 19.9 Å². The Hall–Kier alpha value is -2.48. The molecule has 2 atom stereocenters. The molecular weight excluding hydrogens is 320 g/mol. The Balaban J connectivity index is 1.47. The van der Waals surface area contributed by atoms with Gasteiger partial charge in [0, 0.05) is 49.6 Å². The first-order valence-corrected chi connectivity index (χ1v) is 8.86. The molecule has 4 rings (SSSR count). The van der Waals surface area contributed by atoms with Crippen LogP contribution in [0.3, 0.4) is 0 Å². The number of piperazine rings is 1. The summed E-state index contributed by atoms with van der Waals surface area (Å²) < 4.78 is 0. The van der Waals surface area contributed by atoms with Gasteiger partial charge in [-0.15, -0.1) is 11.3 Å². The normalized spacial score (nSPS) is 23.2. The molecule has 6 nitrogen and oxygen atoms in total. The molecule has 7 heteroatoms. The van der Waals surface area contributed by atoms with E-state index in [1.54, 1.807) is 29.9 Å². The van der Waals surface area contributed by atoms with E-state index in [2.05, 4.69) is 42.7 Å². The topological polar surface area (TPSA) is 68.9 Å². The first-order chi connectivity index (χ1) is 11.8. The van der Waals surface area contributed by atoms with Crippen LogP contribution in [-0.4, -0.2) is 51.6 Å². The summed E-state index contributed by atoms with van der Waals surface area (Å²) in [5, 5.41) is 12.1. The first-order valence-electron chi connectivity index (χ1n) is 7.98. The zero-order valence-corrected chi connectivity index (χ0v) is 13.9. The fraction of sp³-hybridized carbons (Fsp3) is 0.412. The maximum Gasteiger partial charge on any atom is 0.183 e. The SMILES string of the molecule is N#Cc1nccnc1N1CCN2C(C#Cc3nccs3)CC[C@H]2C1. The monoisotopic (exact) mass is 336 g/mol. The molecule has 24 heavy (non-hydrogen) atoms. The number of rotatable bonds is 1. The van der Waals surface area contributed by atoms with Crippen LogP contribution < -0.4 is 4.90 Å². The smallest absolute Gasteiger partial charge is 0.183 e. The van der Waals surface area contributed by atoms with E-state index >= 15 is 0 Å². The highest BCUT2D eigenvalue weighted by Crippen LogP contribution is 2.29. The predicted octanol–water partition coefficient (Wildman–Crippen LogP) is 1.51. The number of nitrogens with zero attached hydrogens (tertiary/aromatic N) is 6. The predicted molar refractivity (Wildman–Crippen MR) is 91.5 cm³/mol. The second-order valence-corrected chi connectivity index (χ2v) is 6.77. The Morgan fingerprint density at radius 3 is 2.88 bits per heavy atom. The fourth-order valence-electron chi connectivity index (χ4n) is 3.47. The van der Waals surface area contributed by atoms with Crippen LogP contribution in [0, 0.1) is 23.2 Å². The van der Waals surface area contributed by atoms with Crippen LogP contribution in [0.2, 0.25) is 0 Å². The number of hydrogen-bond acceptors (Lipinski definition) is 7. The molecule has 1 unspecified atom stereocenters. The highest BCUT2D eigenvalue weighted by molar-refractivity contribution is 7.10. The van der Waals surface area contributed by atoms with E-state index in [1.165, 1.54) is 0 Å². The van der Waals surface area contributed by atoms with E-state index in [0.29, 0.717) is 23.6 Å². The Bertz CT molecular complexity index is 816. The van der Waals surface area contributed by atoms with Gasteiger partial charge in [0.25, 0.3) is 0 Å². The van der Waals surface area contributed by atoms with Crippen LogP contribution in [0.1, 0.15) is 23.5 Å². The molecule has 0 aliphatic carbocycles. The Kier molecular flexibility index (Phi) is 4.12. The quantitative estimate of drug-likeness (QED) is 0.735. The van der Waals surface area contributed by atoms with Gasteiger partial charge in [-0.3, -0.25) is 4.90 Å². The van der Waals surface area contributed by atoms with Gasteiger partial charge in [0.15, 0.2) is 16.5 Å². The van der Waals surface area contributed by atoms with Gasteiger partial charge in [0.05, 0.1) is 6.04 Å². The number of anilines is 1. The number of aromatic nitrogens is 3. The number of fused-ring (bicyclic) bond motifs is 1. The zero-order valence-electron chi connectivity index (χ0n) is 13.1. The molecule has 2 aromatic heterocycles. The average molecular weight is 336 g/mol. The lowest BCUT2D eigenvalue weighted by Gasteiger charge is -2.39. The zero-order chi connectivity index (χ0) is 16.4. The summed E-state index contributed by atoms with van der Waals surface area (Å²) in [5.74, 6) is 7.29. The molecule has 2 aliphatic rings. The molecule has 120 valence electrons. The lowest BCUT2D eigenvalue weighted by molar-refractivity contribution is 0.202. The van der Waals surface area contributed by atoms with Crippen molar-refractivity contribution in [2.24, 2.45) is 0 Å². The van der Waals surface area contributed by atoms with Gasteiger partial charge in [-0.05, 0) is 18.8 Å². The minimum absolute atomic E-state index is 0.304. The number of hydrogen-bond donors (Lipinski definition) is 0. The summed E-state index contributed by atoms with van der Waals surface area (Å²) in [5.41, 5.74) is 0.407. The van der Waals surface area contributed by atoms with E-state index < -0.39 is 0 Å². The average Bonchev–Trinajstić information content (AvgIpc) is 3.29. The molecule has 0 saturated carbocycles. The van der Waals surface area contributed by atoms with E-state index in [-0.39, 0.29) is 0 Å². The van der Waals surface area contributed by atoms with Crippen molar-refractivity contribution < 1.29 is 0 Å². The van der Waals surface area contributed by atoms with Gasteiger partial charge in [-0.1, -0.05) is 5.92 Å². The van der Waals surface area contributed by atoms with Crippen LogP contribution in [-0.2, 0) is 0 Å². The van der Waals surface area contributed by atoms with Crippen LogP contribution in [0.25, 0.3) is 0 Å². The third-order valence-corrected chi connectivity index (χ3v) is 5.25. The fourth-order valence-corrected chi connectivity index (χ4v) is 3.96. The van der Waals surface area contributed by atoms with E-state index in [1.807, 2.05) is 5.38 Å². The summed E-state index contributed by atoms with van der Waals surface area (Å²) in [6.45, 7) is 2.66. The third kappa shape index (κ3) is 2.84. The summed E-state index contributed by atoms with van der Waals surface area (Å²) in [4.78, 5) is 17.4. The molecule has 2 aromatic rings. The minimum atomic E-state index is 0.304. The maximum absolute atomic E-state index is 9.23. The van der Waals surface area contributed by atoms with Crippen molar-refractivity contribution in [1.29, 1.82) is 5.26 Å². The second kappa shape index (κ2) is 6.56. The minimum Gasteiger partial charge on any atom is -0.351 e. The second-order valence-electron chi connectivity index (χ2n) is 5.88. The van der Waals surface area contributed by atoms with Crippen LogP contribution in [0.5, 0.6) is 0 Å². The van der Waals surface area contributed by atoms with Crippen LogP contribution in [0.4, 0.5) is 5.82 Å². The number of thiazole rings is 1. The molecular formula is C17H16N6S. The van der Waals surface area contributed by atoms with Gasteiger partial charge < -0.3 is 4.90 Å². The van der Waals surface area contributed by atoms with Crippen molar-refractivity contribution >= 4 is 17.2 Å².